The molecule has 0 aromatic heterocycles. The quantitative estimate of drug-likeness (QED) is 0.418. The maximum absolute atomic E-state index is 14.6. The van der Waals surface area contributed by atoms with E-state index in [9.17, 15) is 14.3 Å². The Balaban J connectivity index is 1.36. The molecular formula is C26H33ClFN3O4. The first-order chi connectivity index (χ1) is 16.8. The van der Waals surface area contributed by atoms with Crippen molar-refractivity contribution < 1.29 is 24.1 Å². The van der Waals surface area contributed by atoms with Crippen LogP contribution in [-0.4, -0.2) is 60.3 Å². The van der Waals surface area contributed by atoms with E-state index in [1.54, 1.807) is 0 Å². The van der Waals surface area contributed by atoms with Crippen LogP contribution >= 0.6 is 11.6 Å². The predicted molar refractivity (Wildman–Crippen MR) is 133 cm³/mol. The fraction of sp³-hybridized carbons (Fsp3) is 0.500. The van der Waals surface area contributed by atoms with Gasteiger partial charge in [0.1, 0.15) is 5.82 Å². The molecule has 0 aliphatic carbocycles. The summed E-state index contributed by atoms with van der Waals surface area (Å²) in [6.07, 6.45) is 1.79. The van der Waals surface area contributed by atoms with Crippen LogP contribution < -0.4 is 15.1 Å². The molecule has 35 heavy (non-hydrogen) atoms. The minimum absolute atomic E-state index is 0.155. The van der Waals surface area contributed by atoms with Crippen LogP contribution in [0, 0.1) is 5.82 Å². The van der Waals surface area contributed by atoms with Crippen molar-refractivity contribution in [1.82, 2.24) is 10.2 Å². The summed E-state index contributed by atoms with van der Waals surface area (Å²) in [6.45, 7) is 6.77. The lowest BCUT2D eigenvalue weighted by molar-refractivity contribution is -0.210. The number of hydrogen-bond donors (Lipinski definition) is 2. The molecule has 2 fully saturated rings. The Morgan fingerprint density at radius 3 is 2.54 bits per heavy atom. The first-order valence-corrected chi connectivity index (χ1v) is 12.5. The molecule has 0 bridgehead atoms. The van der Waals surface area contributed by atoms with Gasteiger partial charge in [-0.05, 0) is 62.2 Å². The number of likely N-dealkylation sites (tertiary alicyclic amines) is 1. The fourth-order valence-corrected chi connectivity index (χ4v) is 5.11. The molecule has 9 heteroatoms. The third kappa shape index (κ3) is 6.44. The Hall–Kier alpha value is -2.39. The number of nitrogens with zero attached hydrogens (tertiary/aromatic N) is 2. The molecular weight excluding hydrogens is 473 g/mol. The molecule has 2 atom stereocenters. The number of halogens is 2. The van der Waals surface area contributed by atoms with Crippen molar-refractivity contribution in [3.63, 3.8) is 0 Å². The van der Waals surface area contributed by atoms with E-state index >= 15 is 0 Å². The Morgan fingerprint density at radius 1 is 1.17 bits per heavy atom. The Kier molecular flexibility index (Phi) is 8.49. The van der Waals surface area contributed by atoms with Crippen molar-refractivity contribution in [1.29, 1.82) is 0 Å². The van der Waals surface area contributed by atoms with Crippen LogP contribution in [0.1, 0.15) is 37.8 Å². The number of nitrogens with one attached hydrogen (secondary N) is 1. The van der Waals surface area contributed by atoms with E-state index in [0.717, 1.165) is 37.5 Å². The first-order valence-electron chi connectivity index (χ1n) is 12.2. The summed E-state index contributed by atoms with van der Waals surface area (Å²) in [5, 5.41) is 15.2. The average Bonchev–Trinajstić information content (AvgIpc) is 3.20. The molecule has 2 aliphatic rings. The second-order valence-corrected chi connectivity index (χ2v) is 9.74. The van der Waals surface area contributed by atoms with Gasteiger partial charge in [0, 0.05) is 43.2 Å². The summed E-state index contributed by atoms with van der Waals surface area (Å²) in [7, 11) is 0. The van der Waals surface area contributed by atoms with Gasteiger partial charge in [0.05, 0.1) is 17.8 Å². The molecule has 2 aliphatic heterocycles. The third-order valence-electron chi connectivity index (χ3n) is 6.75. The van der Waals surface area contributed by atoms with Crippen molar-refractivity contribution in [2.24, 2.45) is 0 Å². The summed E-state index contributed by atoms with van der Waals surface area (Å²) in [5.74, 6) is -0.680. The van der Waals surface area contributed by atoms with Crippen molar-refractivity contribution in [2.45, 2.75) is 57.8 Å². The summed E-state index contributed by atoms with van der Waals surface area (Å²) in [6, 6.07) is 10.9. The maximum Gasteiger partial charge on any atom is 0.352 e. The van der Waals surface area contributed by atoms with Crippen molar-refractivity contribution in [3.8, 4) is 5.75 Å². The molecule has 190 valence electrons. The monoisotopic (exact) mass is 505 g/mol. The molecule has 2 aromatic carbocycles. The van der Waals surface area contributed by atoms with Crippen LogP contribution in [0.2, 0.25) is 5.02 Å². The van der Waals surface area contributed by atoms with Crippen LogP contribution in [0.3, 0.4) is 0 Å². The second-order valence-electron chi connectivity index (χ2n) is 9.31. The van der Waals surface area contributed by atoms with Gasteiger partial charge in [0.25, 0.3) is 0 Å². The molecule has 0 saturated carbocycles. The Labute approximate surface area is 210 Å². The van der Waals surface area contributed by atoms with Crippen LogP contribution in [-0.2, 0) is 22.6 Å². The van der Waals surface area contributed by atoms with Gasteiger partial charge in [-0.25, -0.2) is 9.18 Å². The summed E-state index contributed by atoms with van der Waals surface area (Å²) >= 11 is 5.99. The number of carbonyl (C=O) groups is 1. The van der Waals surface area contributed by atoms with Gasteiger partial charge in [-0.1, -0.05) is 30.7 Å². The van der Waals surface area contributed by atoms with E-state index in [0.29, 0.717) is 36.8 Å². The van der Waals surface area contributed by atoms with Gasteiger partial charge in [0.2, 0.25) is 5.75 Å². The molecule has 0 amide bonds. The van der Waals surface area contributed by atoms with Gasteiger partial charge in [-0.15, -0.1) is 0 Å². The zero-order chi connectivity index (χ0) is 24.9. The van der Waals surface area contributed by atoms with Crippen molar-refractivity contribution in [3.05, 3.63) is 58.4 Å². The number of hydrogen-bond acceptors (Lipinski definition) is 7. The molecule has 2 aromatic rings. The number of aliphatic hydroxyl groups is 1. The number of carbonyl (C=O) groups excluding carboxylic acids is 1. The topological polar surface area (TPSA) is 74.3 Å². The van der Waals surface area contributed by atoms with E-state index in [1.165, 1.54) is 24.6 Å². The number of β-amino-alcohol motifs (C(OH)–C–C–N with tert-alkyl or cyclic N) is 1. The molecule has 4 rings (SSSR count). The molecule has 2 saturated heterocycles. The average molecular weight is 506 g/mol. The molecule has 2 N–H and O–H groups in total. The lowest BCUT2D eigenvalue weighted by atomic mass is 10.0. The number of aliphatic hydroxyl groups excluding tert-OH is 1. The molecule has 0 radical (unpaired) electrons. The minimum atomic E-state index is -0.614. The zero-order valence-electron chi connectivity index (χ0n) is 20.2. The SMILES string of the molecule is CCc1c(F)ccc(OOC(C)=O)c1N1C[C@H](NC2CCN(Cc3ccc(Cl)cc3)CC2)[C@@H](O)C1. The van der Waals surface area contributed by atoms with E-state index in [-0.39, 0.29) is 17.6 Å². The van der Waals surface area contributed by atoms with Crippen LogP contribution in [0.5, 0.6) is 5.75 Å². The van der Waals surface area contributed by atoms with Crippen LogP contribution in [0.15, 0.2) is 36.4 Å². The first kappa shape index (κ1) is 25.7. The molecule has 7 nitrogen and oxygen atoms in total. The summed E-state index contributed by atoms with van der Waals surface area (Å²) < 4.78 is 14.6. The van der Waals surface area contributed by atoms with Crippen LogP contribution in [0.25, 0.3) is 0 Å². The fourth-order valence-electron chi connectivity index (χ4n) is 4.99. The maximum atomic E-state index is 14.6. The standard InChI is InChI=1S/C26H33ClFN3O4/c1-3-21-22(28)8-9-25(35-34-17(2)32)26(21)31-15-23(24(33)16-31)29-20-10-12-30(13-11-20)14-18-4-6-19(27)7-5-18/h4-9,20,23-24,29,33H,3,10-16H2,1-2H3/t23-,24-/m0/s1. The highest BCUT2D eigenvalue weighted by molar-refractivity contribution is 6.30. The normalized spacial score (nSPS) is 21.3. The predicted octanol–water partition coefficient (Wildman–Crippen LogP) is 3.70. The van der Waals surface area contributed by atoms with Gasteiger partial charge in [-0.2, -0.15) is 0 Å². The Bertz CT molecular complexity index is 1010. The van der Waals surface area contributed by atoms with Crippen molar-refractivity contribution >= 4 is 23.3 Å². The van der Waals surface area contributed by atoms with Crippen molar-refractivity contribution in [2.75, 3.05) is 31.1 Å². The second kappa shape index (κ2) is 11.6. The van der Waals surface area contributed by atoms with E-state index in [1.807, 2.05) is 24.0 Å². The number of benzene rings is 2. The van der Waals surface area contributed by atoms with Gasteiger partial charge in [-0.3, -0.25) is 14.7 Å². The number of anilines is 1. The molecule has 0 unspecified atom stereocenters. The minimum Gasteiger partial charge on any atom is -0.390 e. The van der Waals surface area contributed by atoms with Gasteiger partial charge in [0.15, 0.2) is 0 Å². The number of piperidine rings is 1. The van der Waals surface area contributed by atoms with E-state index in [2.05, 4.69) is 22.3 Å². The van der Waals surface area contributed by atoms with E-state index < -0.39 is 12.1 Å². The highest BCUT2D eigenvalue weighted by atomic mass is 35.5. The molecule has 2 heterocycles. The van der Waals surface area contributed by atoms with Gasteiger partial charge >= 0.3 is 5.97 Å². The Morgan fingerprint density at radius 2 is 1.89 bits per heavy atom. The van der Waals surface area contributed by atoms with Crippen LogP contribution in [0.4, 0.5) is 10.1 Å². The third-order valence-corrected chi connectivity index (χ3v) is 7.00. The summed E-state index contributed by atoms with van der Waals surface area (Å²) in [4.78, 5) is 25.5. The number of rotatable bonds is 8. The smallest absolute Gasteiger partial charge is 0.352 e. The summed E-state index contributed by atoms with van der Waals surface area (Å²) in [5.41, 5.74) is 2.24. The van der Waals surface area contributed by atoms with E-state index in [4.69, 9.17) is 21.4 Å². The zero-order valence-corrected chi connectivity index (χ0v) is 20.9. The molecule has 0 spiro atoms. The highest BCUT2D eigenvalue weighted by Gasteiger charge is 2.36. The van der Waals surface area contributed by atoms with Gasteiger partial charge < -0.3 is 15.3 Å². The lowest BCUT2D eigenvalue weighted by Crippen LogP contribution is -2.49. The highest BCUT2D eigenvalue weighted by Crippen LogP contribution is 2.37. The largest absolute Gasteiger partial charge is 0.390 e. The lowest BCUT2D eigenvalue weighted by Gasteiger charge is -2.34.